The number of hydrogen-bond acceptors (Lipinski definition) is 6. The van der Waals surface area contributed by atoms with Crippen LogP contribution in [0.1, 0.15) is 26.8 Å². The summed E-state index contributed by atoms with van der Waals surface area (Å²) in [7, 11) is -1.90. The van der Waals surface area contributed by atoms with Crippen LogP contribution < -0.4 is 0 Å². The number of ether oxygens (including phenoxy) is 1. The number of methoxy groups -OCH3 is 1. The molecule has 0 saturated carbocycles. The zero-order valence-electron chi connectivity index (χ0n) is 16.8. The van der Waals surface area contributed by atoms with Gasteiger partial charge in [-0.15, -0.1) is 16.8 Å². The number of thioether (sulfide) groups is 1. The van der Waals surface area contributed by atoms with Gasteiger partial charge >= 0.3 is 0 Å². The van der Waals surface area contributed by atoms with E-state index in [9.17, 15) is 8.42 Å². The van der Waals surface area contributed by atoms with Gasteiger partial charge in [0.05, 0.1) is 17.5 Å². The van der Waals surface area contributed by atoms with Crippen molar-refractivity contribution < 1.29 is 13.2 Å². The van der Waals surface area contributed by atoms with Crippen molar-refractivity contribution in [3.05, 3.63) is 36.9 Å². The topological polar surface area (TPSA) is 77.3 Å². The Bertz CT molecular complexity index is 892. The second-order valence-electron chi connectivity index (χ2n) is 6.20. The van der Waals surface area contributed by atoms with Crippen LogP contribution in [0.5, 0.6) is 0 Å². The molecule has 0 spiro atoms. The SMILES string of the molecule is C=CCSc1nnc(-c2cccc(S(=O)(=O)N(CC)CC)c2)n1[C@@H](C)COC. The van der Waals surface area contributed by atoms with Crippen molar-refractivity contribution >= 4 is 21.8 Å². The number of rotatable bonds is 11. The molecule has 154 valence electrons. The number of sulfonamides is 1. The molecule has 0 unspecified atom stereocenters. The highest BCUT2D eigenvalue weighted by Gasteiger charge is 2.24. The summed E-state index contributed by atoms with van der Waals surface area (Å²) in [4.78, 5) is 0.253. The molecule has 1 heterocycles. The first-order chi connectivity index (χ1) is 13.4. The van der Waals surface area contributed by atoms with E-state index >= 15 is 0 Å². The van der Waals surface area contributed by atoms with Crippen molar-refractivity contribution in [3.63, 3.8) is 0 Å². The number of hydrogen-bond donors (Lipinski definition) is 0. The lowest BCUT2D eigenvalue weighted by Gasteiger charge is -2.19. The molecule has 0 saturated heterocycles. The number of benzene rings is 1. The Morgan fingerprint density at radius 3 is 2.64 bits per heavy atom. The highest BCUT2D eigenvalue weighted by molar-refractivity contribution is 7.99. The van der Waals surface area contributed by atoms with Crippen molar-refractivity contribution in [3.8, 4) is 11.4 Å². The lowest BCUT2D eigenvalue weighted by molar-refractivity contribution is 0.159. The highest BCUT2D eigenvalue weighted by atomic mass is 32.2. The Balaban J connectivity index is 2.53. The van der Waals surface area contributed by atoms with Gasteiger partial charge in [-0.25, -0.2) is 8.42 Å². The normalized spacial score (nSPS) is 13.0. The molecule has 7 nitrogen and oxygen atoms in total. The summed E-state index contributed by atoms with van der Waals surface area (Å²) in [6, 6.07) is 6.86. The van der Waals surface area contributed by atoms with Gasteiger partial charge in [-0.2, -0.15) is 4.31 Å². The van der Waals surface area contributed by atoms with Crippen LogP contribution in [0.2, 0.25) is 0 Å². The average molecular weight is 425 g/mol. The summed E-state index contributed by atoms with van der Waals surface area (Å²) >= 11 is 1.53. The Morgan fingerprint density at radius 1 is 1.32 bits per heavy atom. The molecule has 1 aromatic heterocycles. The van der Waals surface area contributed by atoms with Crippen LogP contribution in [0.15, 0.2) is 47.0 Å². The zero-order chi connectivity index (χ0) is 20.7. The molecule has 1 aromatic carbocycles. The summed E-state index contributed by atoms with van der Waals surface area (Å²) < 4.78 is 34.5. The fraction of sp³-hybridized carbons (Fsp3) is 0.474. The van der Waals surface area contributed by atoms with Crippen molar-refractivity contribution in [2.75, 3.05) is 32.6 Å². The Labute approximate surface area is 171 Å². The standard InChI is InChI=1S/C19H28N4O3S2/c1-6-12-27-19-21-20-18(23(19)15(4)14-26-5)16-10-9-11-17(13-16)28(24,25)22(7-2)8-3/h6,9-11,13,15H,1,7-8,12,14H2,2-5H3/t15-/m0/s1. The number of aromatic nitrogens is 3. The third kappa shape index (κ3) is 4.83. The third-order valence-corrected chi connectivity index (χ3v) is 7.26. The van der Waals surface area contributed by atoms with Crippen LogP contribution in [-0.2, 0) is 14.8 Å². The van der Waals surface area contributed by atoms with Gasteiger partial charge in [0.15, 0.2) is 11.0 Å². The van der Waals surface area contributed by atoms with E-state index in [1.807, 2.05) is 37.5 Å². The molecule has 2 rings (SSSR count). The molecule has 0 radical (unpaired) electrons. The molecule has 0 bridgehead atoms. The van der Waals surface area contributed by atoms with Gasteiger partial charge < -0.3 is 4.74 Å². The third-order valence-electron chi connectivity index (χ3n) is 4.28. The molecule has 1 atom stereocenters. The van der Waals surface area contributed by atoms with Crippen LogP contribution >= 0.6 is 11.8 Å². The minimum atomic E-state index is -3.55. The van der Waals surface area contributed by atoms with Gasteiger partial charge in [0, 0.05) is 31.5 Å². The van der Waals surface area contributed by atoms with E-state index in [-0.39, 0.29) is 10.9 Å². The van der Waals surface area contributed by atoms with Gasteiger partial charge in [0.25, 0.3) is 0 Å². The minimum Gasteiger partial charge on any atom is -0.383 e. The van der Waals surface area contributed by atoms with Gasteiger partial charge in [0.1, 0.15) is 0 Å². The molecule has 0 aliphatic rings. The fourth-order valence-corrected chi connectivity index (χ4v) is 5.20. The Kier molecular flexibility index (Phi) is 8.23. The monoisotopic (exact) mass is 424 g/mol. The van der Waals surface area contributed by atoms with E-state index < -0.39 is 10.0 Å². The quantitative estimate of drug-likeness (QED) is 0.406. The first-order valence-electron chi connectivity index (χ1n) is 9.18. The summed E-state index contributed by atoms with van der Waals surface area (Å²) in [5.41, 5.74) is 0.703. The van der Waals surface area contributed by atoms with Gasteiger partial charge in [0.2, 0.25) is 10.0 Å². The lowest BCUT2D eigenvalue weighted by atomic mass is 10.2. The molecule has 0 aliphatic carbocycles. The molecular formula is C19H28N4O3S2. The number of nitrogens with zero attached hydrogens (tertiary/aromatic N) is 4. The predicted octanol–water partition coefficient (Wildman–Crippen LogP) is 3.46. The van der Waals surface area contributed by atoms with Gasteiger partial charge in [-0.3, -0.25) is 4.57 Å². The second-order valence-corrected chi connectivity index (χ2v) is 9.12. The van der Waals surface area contributed by atoms with Crippen molar-refractivity contribution in [2.45, 2.75) is 36.9 Å². The van der Waals surface area contributed by atoms with Crippen molar-refractivity contribution in [1.29, 1.82) is 0 Å². The molecular weight excluding hydrogens is 396 g/mol. The molecule has 0 aliphatic heterocycles. The second kappa shape index (κ2) is 10.2. The van der Waals surface area contributed by atoms with E-state index in [0.717, 1.165) is 5.16 Å². The molecule has 0 fully saturated rings. The van der Waals surface area contributed by atoms with Gasteiger partial charge in [-0.1, -0.05) is 43.8 Å². The molecule has 9 heteroatoms. The van der Waals surface area contributed by atoms with E-state index in [4.69, 9.17) is 4.74 Å². The fourth-order valence-electron chi connectivity index (χ4n) is 2.93. The van der Waals surface area contributed by atoms with E-state index in [0.29, 0.717) is 36.8 Å². The first kappa shape index (κ1) is 22.6. The summed E-state index contributed by atoms with van der Waals surface area (Å²) in [5.74, 6) is 1.32. The van der Waals surface area contributed by atoms with Gasteiger partial charge in [-0.05, 0) is 19.1 Å². The van der Waals surface area contributed by atoms with Crippen molar-refractivity contribution in [1.82, 2.24) is 19.1 Å². The molecule has 0 N–H and O–H groups in total. The highest BCUT2D eigenvalue weighted by Crippen LogP contribution is 2.29. The van der Waals surface area contributed by atoms with E-state index in [1.54, 1.807) is 25.3 Å². The Morgan fingerprint density at radius 2 is 2.04 bits per heavy atom. The summed E-state index contributed by atoms with van der Waals surface area (Å²) in [6.45, 7) is 10.8. The van der Waals surface area contributed by atoms with Crippen LogP contribution in [0, 0.1) is 0 Å². The maximum atomic E-state index is 12.9. The largest absolute Gasteiger partial charge is 0.383 e. The smallest absolute Gasteiger partial charge is 0.243 e. The summed E-state index contributed by atoms with van der Waals surface area (Å²) in [6.07, 6.45) is 1.81. The summed E-state index contributed by atoms with van der Waals surface area (Å²) in [5, 5.41) is 9.40. The average Bonchev–Trinajstić information content (AvgIpc) is 3.11. The van der Waals surface area contributed by atoms with Crippen LogP contribution in [0.3, 0.4) is 0 Å². The van der Waals surface area contributed by atoms with Crippen molar-refractivity contribution in [2.24, 2.45) is 0 Å². The zero-order valence-corrected chi connectivity index (χ0v) is 18.5. The lowest BCUT2D eigenvalue weighted by Crippen LogP contribution is -2.30. The molecule has 0 amide bonds. The van der Waals surface area contributed by atoms with Crippen LogP contribution in [0.4, 0.5) is 0 Å². The van der Waals surface area contributed by atoms with E-state index in [1.165, 1.54) is 16.1 Å². The molecule has 28 heavy (non-hydrogen) atoms. The van der Waals surface area contributed by atoms with Crippen LogP contribution in [-0.4, -0.2) is 60.0 Å². The Hall–Kier alpha value is -1.68. The maximum Gasteiger partial charge on any atom is 0.243 e. The maximum absolute atomic E-state index is 12.9. The molecule has 2 aromatic rings. The first-order valence-corrected chi connectivity index (χ1v) is 11.6. The van der Waals surface area contributed by atoms with Crippen LogP contribution in [0.25, 0.3) is 11.4 Å². The minimum absolute atomic E-state index is 0.00893. The predicted molar refractivity (Wildman–Crippen MR) is 113 cm³/mol. The van der Waals surface area contributed by atoms with E-state index in [2.05, 4.69) is 16.8 Å².